The van der Waals surface area contributed by atoms with E-state index in [0.29, 0.717) is 12.5 Å². The van der Waals surface area contributed by atoms with Gasteiger partial charge < -0.3 is 10.1 Å². The molecular weight excluding hydrogens is 322 g/mol. The van der Waals surface area contributed by atoms with Crippen molar-refractivity contribution in [2.24, 2.45) is 0 Å². The lowest BCUT2D eigenvalue weighted by Gasteiger charge is -2.16. The molecule has 0 spiro atoms. The molecule has 1 N–H and O–H groups in total. The highest BCUT2D eigenvalue weighted by Gasteiger charge is 2.15. The third-order valence-electron chi connectivity index (χ3n) is 4.59. The van der Waals surface area contributed by atoms with Crippen LogP contribution in [0.5, 0.6) is 5.75 Å². The topological polar surface area (TPSA) is 38.3 Å². The van der Waals surface area contributed by atoms with E-state index in [1.54, 1.807) is 6.92 Å². The lowest BCUT2D eigenvalue weighted by Crippen LogP contribution is -2.37. The lowest BCUT2D eigenvalue weighted by molar-refractivity contribution is -0.127. The Balaban J connectivity index is 1.74. The van der Waals surface area contributed by atoms with Crippen molar-refractivity contribution in [2.45, 2.75) is 59.5 Å². The van der Waals surface area contributed by atoms with Gasteiger partial charge in [-0.25, -0.2) is 0 Å². The first kappa shape index (κ1) is 20.0. The number of hydrogen-bond donors (Lipinski definition) is 1. The van der Waals surface area contributed by atoms with Crippen LogP contribution < -0.4 is 10.1 Å². The summed E-state index contributed by atoms with van der Waals surface area (Å²) in [5, 5.41) is 2.97. The number of benzene rings is 2. The van der Waals surface area contributed by atoms with Crippen molar-refractivity contribution in [1.29, 1.82) is 0 Å². The van der Waals surface area contributed by atoms with Gasteiger partial charge in [0.1, 0.15) is 5.75 Å². The average molecular weight is 354 g/mol. The quantitative estimate of drug-likeness (QED) is 0.682. The van der Waals surface area contributed by atoms with Crippen LogP contribution in [0, 0.1) is 13.8 Å². The van der Waals surface area contributed by atoms with E-state index in [9.17, 15) is 4.79 Å². The highest BCUT2D eigenvalue weighted by Crippen LogP contribution is 2.20. The molecule has 0 unspecified atom stereocenters. The van der Waals surface area contributed by atoms with Crippen LogP contribution in [0.25, 0.3) is 0 Å². The Hall–Kier alpha value is -2.29. The maximum Gasteiger partial charge on any atom is 0.260 e. The monoisotopic (exact) mass is 353 g/mol. The molecule has 2 aromatic rings. The second kappa shape index (κ2) is 9.42. The zero-order valence-electron chi connectivity index (χ0n) is 16.6. The van der Waals surface area contributed by atoms with Crippen LogP contribution in [0.15, 0.2) is 42.5 Å². The van der Waals surface area contributed by atoms with Crippen molar-refractivity contribution >= 4 is 5.91 Å². The molecule has 0 aliphatic carbocycles. The standard InChI is InChI=1S/C23H31NO2/c1-16(2)21-11-9-20(10-12-21)7-6-14-24-23(25)19(5)26-22-13-8-17(3)15-18(22)4/h8-13,15-16,19H,6-7,14H2,1-5H3,(H,24,25)/t19-/m0/s1. The van der Waals surface area contributed by atoms with Crippen molar-refractivity contribution in [1.82, 2.24) is 5.32 Å². The SMILES string of the molecule is Cc1ccc(O[C@@H](C)C(=O)NCCCc2ccc(C(C)C)cc2)c(C)c1. The minimum atomic E-state index is -0.498. The zero-order valence-corrected chi connectivity index (χ0v) is 16.6. The van der Waals surface area contributed by atoms with Crippen molar-refractivity contribution < 1.29 is 9.53 Å². The third kappa shape index (κ3) is 5.91. The van der Waals surface area contributed by atoms with Gasteiger partial charge in [0.25, 0.3) is 5.91 Å². The van der Waals surface area contributed by atoms with Crippen molar-refractivity contribution in [3.8, 4) is 5.75 Å². The van der Waals surface area contributed by atoms with Gasteiger partial charge in [-0.3, -0.25) is 4.79 Å². The number of aryl methyl sites for hydroxylation is 3. The Morgan fingerprint density at radius 2 is 1.73 bits per heavy atom. The zero-order chi connectivity index (χ0) is 19.1. The molecular formula is C23H31NO2. The number of hydrogen-bond acceptors (Lipinski definition) is 2. The molecule has 0 heterocycles. The molecule has 0 aliphatic rings. The summed E-state index contributed by atoms with van der Waals surface area (Å²) in [6, 6.07) is 14.7. The molecule has 0 bridgehead atoms. The molecule has 0 aromatic heterocycles. The highest BCUT2D eigenvalue weighted by molar-refractivity contribution is 5.80. The van der Waals surface area contributed by atoms with E-state index in [1.165, 1.54) is 16.7 Å². The summed E-state index contributed by atoms with van der Waals surface area (Å²) in [5.41, 5.74) is 4.91. The highest BCUT2D eigenvalue weighted by atomic mass is 16.5. The first-order chi connectivity index (χ1) is 12.4. The van der Waals surface area contributed by atoms with Gasteiger partial charge in [0.15, 0.2) is 6.10 Å². The van der Waals surface area contributed by atoms with Gasteiger partial charge in [0.2, 0.25) is 0 Å². The van der Waals surface area contributed by atoms with Crippen LogP contribution in [0.3, 0.4) is 0 Å². The van der Waals surface area contributed by atoms with Crippen molar-refractivity contribution in [3.05, 3.63) is 64.7 Å². The minimum absolute atomic E-state index is 0.0693. The van der Waals surface area contributed by atoms with Crippen LogP contribution in [-0.2, 0) is 11.2 Å². The largest absolute Gasteiger partial charge is 0.481 e. The Bertz CT molecular complexity index is 719. The summed E-state index contributed by atoms with van der Waals surface area (Å²) in [6.45, 7) is 10.9. The van der Waals surface area contributed by atoms with Crippen LogP contribution in [-0.4, -0.2) is 18.6 Å². The molecule has 140 valence electrons. The maximum atomic E-state index is 12.2. The predicted molar refractivity (Wildman–Crippen MR) is 108 cm³/mol. The van der Waals surface area contributed by atoms with Gasteiger partial charge in [0.05, 0.1) is 0 Å². The molecule has 3 heteroatoms. The van der Waals surface area contributed by atoms with Crippen LogP contribution in [0.4, 0.5) is 0 Å². The molecule has 26 heavy (non-hydrogen) atoms. The fourth-order valence-corrected chi connectivity index (χ4v) is 2.89. The molecule has 2 aromatic carbocycles. The van der Waals surface area contributed by atoms with Gasteiger partial charge in [0, 0.05) is 6.54 Å². The first-order valence-electron chi connectivity index (χ1n) is 9.47. The Morgan fingerprint density at radius 1 is 1.04 bits per heavy atom. The molecule has 1 amide bonds. The third-order valence-corrected chi connectivity index (χ3v) is 4.59. The van der Waals surface area contributed by atoms with Crippen LogP contribution >= 0.6 is 0 Å². The summed E-state index contributed by atoms with van der Waals surface area (Å²) < 4.78 is 5.80. The second-order valence-electron chi connectivity index (χ2n) is 7.32. The summed E-state index contributed by atoms with van der Waals surface area (Å²) in [4.78, 5) is 12.2. The Labute approximate surface area is 157 Å². The molecule has 0 radical (unpaired) electrons. The van der Waals surface area contributed by atoms with Gasteiger partial charge in [-0.15, -0.1) is 0 Å². The van der Waals surface area contributed by atoms with Gasteiger partial charge in [-0.1, -0.05) is 55.8 Å². The number of amides is 1. The Kier molecular flexibility index (Phi) is 7.26. The number of rotatable bonds is 8. The van der Waals surface area contributed by atoms with E-state index < -0.39 is 6.10 Å². The molecule has 2 rings (SSSR count). The summed E-state index contributed by atoms with van der Waals surface area (Å²) >= 11 is 0. The smallest absolute Gasteiger partial charge is 0.260 e. The normalized spacial score (nSPS) is 12.1. The second-order valence-corrected chi connectivity index (χ2v) is 7.32. The molecule has 3 nitrogen and oxygen atoms in total. The summed E-state index contributed by atoms with van der Waals surface area (Å²) in [7, 11) is 0. The molecule has 0 fully saturated rings. The van der Waals surface area contributed by atoms with E-state index in [1.807, 2.05) is 26.0 Å². The lowest BCUT2D eigenvalue weighted by atomic mass is 10.0. The molecule has 1 atom stereocenters. The van der Waals surface area contributed by atoms with E-state index in [-0.39, 0.29) is 5.91 Å². The van der Waals surface area contributed by atoms with Crippen LogP contribution in [0.2, 0.25) is 0 Å². The molecule has 0 saturated carbocycles. The van der Waals surface area contributed by atoms with E-state index in [4.69, 9.17) is 4.74 Å². The predicted octanol–water partition coefficient (Wildman–Crippen LogP) is 4.94. The van der Waals surface area contributed by atoms with Gasteiger partial charge >= 0.3 is 0 Å². The van der Waals surface area contributed by atoms with Crippen molar-refractivity contribution in [3.63, 3.8) is 0 Å². The number of carbonyl (C=O) groups excluding carboxylic acids is 1. The van der Waals surface area contributed by atoms with Gasteiger partial charge in [-0.2, -0.15) is 0 Å². The first-order valence-corrected chi connectivity index (χ1v) is 9.47. The Morgan fingerprint density at radius 3 is 2.35 bits per heavy atom. The fraction of sp³-hybridized carbons (Fsp3) is 0.435. The van der Waals surface area contributed by atoms with Crippen molar-refractivity contribution in [2.75, 3.05) is 6.54 Å². The maximum absolute atomic E-state index is 12.2. The van der Waals surface area contributed by atoms with E-state index in [0.717, 1.165) is 24.2 Å². The number of ether oxygens (including phenoxy) is 1. The fourth-order valence-electron chi connectivity index (χ4n) is 2.89. The summed E-state index contributed by atoms with van der Waals surface area (Å²) in [6.07, 6.45) is 1.38. The van der Waals surface area contributed by atoms with Gasteiger partial charge in [-0.05, 0) is 62.3 Å². The number of nitrogens with one attached hydrogen (secondary N) is 1. The summed E-state index contributed by atoms with van der Waals surface area (Å²) in [5.74, 6) is 1.26. The van der Waals surface area contributed by atoms with E-state index >= 15 is 0 Å². The molecule has 0 saturated heterocycles. The van der Waals surface area contributed by atoms with E-state index in [2.05, 4.69) is 49.5 Å². The molecule has 0 aliphatic heterocycles. The average Bonchev–Trinajstić information content (AvgIpc) is 2.61. The number of carbonyl (C=O) groups is 1. The van der Waals surface area contributed by atoms with Crippen LogP contribution in [0.1, 0.15) is 55.4 Å². The minimum Gasteiger partial charge on any atom is -0.481 e.